The molecule has 2 aliphatic heterocycles. The average Bonchev–Trinajstić information content (AvgIpc) is 0.801. The van der Waals surface area contributed by atoms with E-state index in [4.69, 9.17) is 18.9 Å². The average molecular weight is 1360 g/mol. The van der Waals surface area contributed by atoms with Crippen molar-refractivity contribution >= 4 is 5.91 Å². The van der Waals surface area contributed by atoms with Gasteiger partial charge in [-0.2, -0.15) is 0 Å². The molecule has 12 atom stereocenters. The number of aliphatic hydroxyl groups excluding tert-OH is 8. The van der Waals surface area contributed by atoms with E-state index in [1.54, 1.807) is 0 Å². The Labute approximate surface area is 584 Å². The molecule has 0 saturated carbocycles. The van der Waals surface area contributed by atoms with Gasteiger partial charge < -0.3 is 65.1 Å². The van der Waals surface area contributed by atoms with Crippen LogP contribution in [0.5, 0.6) is 0 Å². The van der Waals surface area contributed by atoms with Crippen molar-refractivity contribution in [1.29, 1.82) is 0 Å². The van der Waals surface area contributed by atoms with Crippen molar-refractivity contribution in [2.75, 3.05) is 19.8 Å². The molecular formula is C81H159NO13. The standard InChI is InChI=1S/C81H159NO13/c1-3-5-7-9-11-13-15-17-19-21-23-25-27-29-31-33-34-35-36-37-38-40-42-44-46-48-50-52-54-56-58-60-62-64-70(85)69(68-92-80-78(91)76(89)79(72(67-84)94-80)95-81-77(90)75(88)74(87)71(66-83)93-81)82-73(86)65-63-61-59-57-55-53-51-49-47-45-43-41-39-32-30-28-26-24-22-20-18-16-14-12-10-8-6-4-2/h69-72,74-81,83-85,87-91H,3-68H2,1-2H3,(H,82,86). The molecule has 0 bridgehead atoms. The minimum atomic E-state index is -1.78. The molecule has 566 valence electrons. The van der Waals surface area contributed by atoms with Gasteiger partial charge in [-0.3, -0.25) is 4.79 Å². The lowest BCUT2D eigenvalue weighted by Gasteiger charge is -2.46. The number of hydrogen-bond donors (Lipinski definition) is 9. The fourth-order valence-corrected chi connectivity index (χ4v) is 14.5. The molecule has 1 amide bonds. The number of rotatable bonds is 72. The molecule has 2 aliphatic rings. The third-order valence-corrected chi connectivity index (χ3v) is 21.1. The summed E-state index contributed by atoms with van der Waals surface area (Å²) in [4.78, 5) is 13.4. The van der Waals surface area contributed by atoms with Crippen LogP contribution in [0.2, 0.25) is 0 Å². The Hall–Kier alpha value is -1.01. The predicted molar refractivity (Wildman–Crippen MR) is 393 cm³/mol. The lowest BCUT2D eigenvalue weighted by atomic mass is 9.97. The molecule has 0 spiro atoms. The van der Waals surface area contributed by atoms with Crippen LogP contribution in [0.15, 0.2) is 0 Å². The fourth-order valence-electron chi connectivity index (χ4n) is 14.5. The highest BCUT2D eigenvalue weighted by atomic mass is 16.7. The lowest BCUT2D eigenvalue weighted by molar-refractivity contribution is -0.359. The van der Waals surface area contributed by atoms with E-state index in [0.29, 0.717) is 12.8 Å². The minimum Gasteiger partial charge on any atom is -0.394 e. The number of aliphatic hydroxyl groups is 8. The van der Waals surface area contributed by atoms with E-state index < -0.39 is 86.8 Å². The smallest absolute Gasteiger partial charge is 0.220 e. The molecule has 95 heavy (non-hydrogen) atoms. The molecule has 2 rings (SSSR count). The van der Waals surface area contributed by atoms with Crippen LogP contribution in [0.3, 0.4) is 0 Å². The summed E-state index contributed by atoms with van der Waals surface area (Å²) in [5.41, 5.74) is 0. The van der Waals surface area contributed by atoms with Crippen molar-refractivity contribution < 1.29 is 64.6 Å². The predicted octanol–water partition coefficient (Wildman–Crippen LogP) is 19.1. The summed E-state index contributed by atoms with van der Waals surface area (Å²) in [7, 11) is 0. The van der Waals surface area contributed by atoms with Gasteiger partial charge in [0.25, 0.3) is 0 Å². The summed E-state index contributed by atoms with van der Waals surface area (Å²) < 4.78 is 23.0. The van der Waals surface area contributed by atoms with Gasteiger partial charge in [-0.1, -0.05) is 399 Å². The topological polar surface area (TPSA) is 228 Å². The van der Waals surface area contributed by atoms with E-state index in [9.17, 15) is 45.6 Å². The van der Waals surface area contributed by atoms with Gasteiger partial charge in [0.15, 0.2) is 12.6 Å². The van der Waals surface area contributed by atoms with Crippen molar-refractivity contribution in [3.8, 4) is 0 Å². The zero-order chi connectivity index (χ0) is 68.7. The zero-order valence-electron chi connectivity index (χ0n) is 62.2. The van der Waals surface area contributed by atoms with E-state index >= 15 is 0 Å². The van der Waals surface area contributed by atoms with Gasteiger partial charge in [-0.15, -0.1) is 0 Å². The summed E-state index contributed by atoms with van der Waals surface area (Å²) in [6.45, 7) is 2.95. The third kappa shape index (κ3) is 49.3. The lowest BCUT2D eigenvalue weighted by Crippen LogP contribution is -2.65. The molecule has 0 aliphatic carbocycles. The molecular weight excluding hydrogens is 1190 g/mol. The second kappa shape index (κ2) is 66.2. The molecule has 0 radical (unpaired) electrons. The van der Waals surface area contributed by atoms with E-state index in [1.165, 1.54) is 340 Å². The number of carbonyl (C=O) groups is 1. The van der Waals surface area contributed by atoms with Gasteiger partial charge in [0, 0.05) is 6.42 Å². The Bertz CT molecular complexity index is 1600. The Balaban J connectivity index is 1.58. The van der Waals surface area contributed by atoms with Crippen LogP contribution in [-0.4, -0.2) is 140 Å². The highest BCUT2D eigenvalue weighted by molar-refractivity contribution is 5.76. The Kier molecular flexibility index (Phi) is 62.8. The maximum atomic E-state index is 13.4. The Morgan fingerprint density at radius 1 is 0.337 bits per heavy atom. The van der Waals surface area contributed by atoms with Crippen molar-refractivity contribution in [1.82, 2.24) is 5.32 Å². The molecule has 14 heteroatoms. The first-order chi connectivity index (χ1) is 46.6. The normalized spacial score (nSPS) is 22.2. The van der Waals surface area contributed by atoms with Gasteiger partial charge >= 0.3 is 0 Å². The summed E-state index contributed by atoms with van der Waals surface area (Å²) in [5.74, 6) is -0.194. The van der Waals surface area contributed by atoms with Crippen LogP contribution in [-0.2, 0) is 23.7 Å². The van der Waals surface area contributed by atoms with Gasteiger partial charge in [0.1, 0.15) is 48.8 Å². The zero-order valence-corrected chi connectivity index (χ0v) is 62.2. The van der Waals surface area contributed by atoms with Crippen molar-refractivity contribution in [3.63, 3.8) is 0 Å². The van der Waals surface area contributed by atoms with E-state index in [1.807, 2.05) is 0 Å². The molecule has 0 aromatic heterocycles. The Morgan fingerprint density at radius 2 is 0.600 bits per heavy atom. The highest BCUT2D eigenvalue weighted by Gasteiger charge is 2.51. The molecule has 14 nitrogen and oxygen atoms in total. The number of hydrogen-bond acceptors (Lipinski definition) is 13. The first kappa shape index (κ1) is 90.1. The quantitative estimate of drug-likeness (QED) is 0.0259. The summed E-state index contributed by atoms with van der Waals surface area (Å²) in [6, 6.07) is -0.826. The number of carbonyl (C=O) groups excluding carboxylic acids is 1. The summed E-state index contributed by atoms with van der Waals surface area (Å²) in [6.07, 6.45) is 65.9. The summed E-state index contributed by atoms with van der Waals surface area (Å²) >= 11 is 0. The van der Waals surface area contributed by atoms with E-state index in [2.05, 4.69) is 19.2 Å². The van der Waals surface area contributed by atoms with Gasteiger partial charge in [0.05, 0.1) is 32.0 Å². The van der Waals surface area contributed by atoms with Crippen molar-refractivity contribution in [2.45, 2.75) is 492 Å². The first-order valence-electron chi connectivity index (χ1n) is 41.8. The van der Waals surface area contributed by atoms with E-state index in [0.717, 1.165) is 51.4 Å². The van der Waals surface area contributed by atoms with Crippen LogP contribution in [0, 0.1) is 0 Å². The maximum absolute atomic E-state index is 13.4. The molecule has 2 heterocycles. The van der Waals surface area contributed by atoms with Crippen LogP contribution in [0.1, 0.15) is 418 Å². The molecule has 0 aromatic rings. The summed E-state index contributed by atoms with van der Waals surface area (Å²) in [5, 5.41) is 87.9. The third-order valence-electron chi connectivity index (χ3n) is 21.1. The van der Waals surface area contributed by atoms with Crippen LogP contribution >= 0.6 is 0 Å². The first-order valence-corrected chi connectivity index (χ1v) is 41.8. The molecule has 2 saturated heterocycles. The monoisotopic (exact) mass is 1350 g/mol. The highest BCUT2D eigenvalue weighted by Crippen LogP contribution is 2.31. The molecule has 2 fully saturated rings. The molecule has 12 unspecified atom stereocenters. The van der Waals surface area contributed by atoms with Crippen LogP contribution in [0.25, 0.3) is 0 Å². The number of ether oxygens (including phenoxy) is 4. The maximum Gasteiger partial charge on any atom is 0.220 e. The second-order valence-electron chi connectivity index (χ2n) is 30.0. The van der Waals surface area contributed by atoms with Gasteiger partial charge in [-0.05, 0) is 12.8 Å². The molecule has 9 N–H and O–H groups in total. The van der Waals surface area contributed by atoms with Crippen LogP contribution in [0.4, 0.5) is 0 Å². The van der Waals surface area contributed by atoms with E-state index in [-0.39, 0.29) is 12.5 Å². The second-order valence-corrected chi connectivity index (χ2v) is 30.0. The molecule has 0 aromatic carbocycles. The number of amides is 1. The minimum absolute atomic E-state index is 0.194. The largest absolute Gasteiger partial charge is 0.394 e. The number of nitrogens with one attached hydrogen (secondary N) is 1. The van der Waals surface area contributed by atoms with Crippen LogP contribution < -0.4 is 5.32 Å². The SMILES string of the molecule is CCCCCCCCCCCCCCCCCCCCCCCCCCCCCCCCCCCC(O)C(COC1OC(CO)C(OC2OC(CO)C(O)C(O)C2O)C(O)C1O)NC(=O)CCCCCCCCCCCCCCCCCCCCCCCCCCCCCC. The number of unbranched alkanes of at least 4 members (excludes halogenated alkanes) is 59. The van der Waals surface area contributed by atoms with Crippen molar-refractivity contribution in [2.24, 2.45) is 0 Å². The fraction of sp³-hybridized carbons (Fsp3) is 0.988. The Morgan fingerprint density at radius 3 is 0.895 bits per heavy atom. The van der Waals surface area contributed by atoms with Gasteiger partial charge in [0.2, 0.25) is 5.91 Å². The van der Waals surface area contributed by atoms with Crippen molar-refractivity contribution in [3.05, 3.63) is 0 Å². The van der Waals surface area contributed by atoms with Gasteiger partial charge in [-0.25, -0.2) is 0 Å².